The van der Waals surface area contributed by atoms with Crippen LogP contribution in [0.5, 0.6) is 5.75 Å². The first kappa shape index (κ1) is 14.4. The second-order valence-electron chi connectivity index (χ2n) is 4.49. The number of hydrogen-bond acceptors (Lipinski definition) is 3. The molecule has 0 aliphatic rings. The lowest BCUT2D eigenvalue weighted by Gasteiger charge is -2.09. The maximum Gasteiger partial charge on any atom is 0.311 e. The number of nitro benzene ring substituents is 1. The number of hydrogen-bond donors (Lipinski definition) is 1. The van der Waals surface area contributed by atoms with Crippen molar-refractivity contribution in [3.05, 3.63) is 33.9 Å². The zero-order valence-electron chi connectivity index (χ0n) is 11.2. The van der Waals surface area contributed by atoms with Crippen molar-refractivity contribution in [3.63, 3.8) is 0 Å². The fraction of sp³-hybridized carbons (Fsp3) is 0.538. The molecule has 0 fully saturated rings. The number of benzene rings is 1. The molecular formula is C13H21N2O3+. The Labute approximate surface area is 107 Å². The van der Waals surface area contributed by atoms with E-state index in [1.54, 1.807) is 6.07 Å². The van der Waals surface area contributed by atoms with Crippen LogP contribution in [0.1, 0.15) is 25.8 Å². The summed E-state index contributed by atoms with van der Waals surface area (Å²) in [6.07, 6.45) is 1.10. The largest absolute Gasteiger partial charge is 0.481 e. The molecule has 0 aliphatic carbocycles. The Kier molecular flexibility index (Phi) is 5.58. The number of nitrogens with two attached hydrogens (primary N) is 1. The molecule has 2 N–H and O–H groups in total. The highest BCUT2D eigenvalue weighted by Gasteiger charge is 2.15. The van der Waals surface area contributed by atoms with Crippen LogP contribution in [0.15, 0.2) is 18.2 Å². The van der Waals surface area contributed by atoms with Crippen molar-refractivity contribution in [1.29, 1.82) is 0 Å². The van der Waals surface area contributed by atoms with Gasteiger partial charge in [-0.25, -0.2) is 0 Å². The van der Waals surface area contributed by atoms with Gasteiger partial charge in [-0.15, -0.1) is 0 Å². The lowest BCUT2D eigenvalue weighted by Crippen LogP contribution is -2.90. The van der Waals surface area contributed by atoms with Gasteiger partial charge >= 0.3 is 5.69 Å². The van der Waals surface area contributed by atoms with Crippen LogP contribution in [-0.2, 0) is 0 Å². The van der Waals surface area contributed by atoms with Crippen LogP contribution < -0.4 is 10.1 Å². The number of nitrogens with zero attached hydrogens (tertiary/aromatic N) is 1. The number of nitro groups is 1. The molecule has 5 heteroatoms. The number of rotatable bonds is 7. The smallest absolute Gasteiger partial charge is 0.311 e. The lowest BCUT2D eigenvalue weighted by atomic mass is 10.2. The highest BCUT2D eigenvalue weighted by atomic mass is 16.6. The average Bonchev–Trinajstić information content (AvgIpc) is 2.35. The molecule has 1 aromatic carbocycles. The van der Waals surface area contributed by atoms with Crippen molar-refractivity contribution in [3.8, 4) is 5.75 Å². The van der Waals surface area contributed by atoms with Gasteiger partial charge in [-0.05, 0) is 31.9 Å². The third-order valence-electron chi connectivity index (χ3n) is 2.90. The van der Waals surface area contributed by atoms with Crippen LogP contribution >= 0.6 is 0 Å². The standard InChI is InChI=1S/C13H20N2O3/c1-4-11(3)14-7-8-18-13-6-5-10(2)9-12(13)15(16)17/h5-6,9,11,14H,4,7-8H2,1-3H3/p+1/t11-/m1/s1. The van der Waals surface area contributed by atoms with Gasteiger partial charge in [-0.3, -0.25) is 10.1 Å². The minimum atomic E-state index is -0.402. The van der Waals surface area contributed by atoms with Crippen LogP contribution in [0.2, 0.25) is 0 Å². The third kappa shape index (κ3) is 4.33. The normalized spacial score (nSPS) is 12.2. The highest BCUT2D eigenvalue weighted by molar-refractivity contribution is 5.48. The van der Waals surface area contributed by atoms with E-state index in [0.717, 1.165) is 18.5 Å². The summed E-state index contributed by atoms with van der Waals surface area (Å²) < 4.78 is 5.48. The fourth-order valence-electron chi connectivity index (χ4n) is 1.58. The summed E-state index contributed by atoms with van der Waals surface area (Å²) in [6, 6.07) is 5.58. The minimum absolute atomic E-state index is 0.0403. The second kappa shape index (κ2) is 6.96. The lowest BCUT2D eigenvalue weighted by molar-refractivity contribution is -0.686. The molecule has 5 nitrogen and oxygen atoms in total. The van der Waals surface area contributed by atoms with Gasteiger partial charge in [0, 0.05) is 6.07 Å². The van der Waals surface area contributed by atoms with Gasteiger partial charge < -0.3 is 10.1 Å². The fourth-order valence-corrected chi connectivity index (χ4v) is 1.58. The molecule has 1 rings (SSSR count). The zero-order valence-corrected chi connectivity index (χ0v) is 11.2. The molecule has 0 spiro atoms. The second-order valence-corrected chi connectivity index (χ2v) is 4.49. The molecule has 0 aliphatic heterocycles. The molecule has 0 unspecified atom stereocenters. The van der Waals surface area contributed by atoms with Crippen LogP contribution in [-0.4, -0.2) is 24.1 Å². The number of ether oxygens (including phenoxy) is 1. The van der Waals surface area contributed by atoms with Gasteiger partial charge in [0.1, 0.15) is 13.2 Å². The van der Waals surface area contributed by atoms with Gasteiger partial charge in [-0.2, -0.15) is 0 Å². The maximum atomic E-state index is 10.9. The summed E-state index contributed by atoms with van der Waals surface area (Å²) >= 11 is 0. The summed E-state index contributed by atoms with van der Waals surface area (Å²) in [4.78, 5) is 10.5. The van der Waals surface area contributed by atoms with E-state index in [4.69, 9.17) is 4.74 Å². The Bertz CT molecular complexity index is 407. The van der Waals surface area contributed by atoms with Crippen LogP contribution in [0, 0.1) is 17.0 Å². The first-order valence-electron chi connectivity index (χ1n) is 6.25. The van der Waals surface area contributed by atoms with Crippen LogP contribution in [0.3, 0.4) is 0 Å². The van der Waals surface area contributed by atoms with Crippen molar-refractivity contribution in [1.82, 2.24) is 0 Å². The predicted octanol–water partition coefficient (Wildman–Crippen LogP) is 1.64. The zero-order chi connectivity index (χ0) is 13.5. The topological polar surface area (TPSA) is 69.0 Å². The summed E-state index contributed by atoms with van der Waals surface area (Å²) in [7, 11) is 0. The molecule has 0 amide bonds. The van der Waals surface area contributed by atoms with Crippen molar-refractivity contribution in [2.75, 3.05) is 13.2 Å². The van der Waals surface area contributed by atoms with E-state index in [1.807, 2.05) is 13.0 Å². The minimum Gasteiger partial charge on any atom is -0.481 e. The third-order valence-corrected chi connectivity index (χ3v) is 2.90. The van der Waals surface area contributed by atoms with Crippen molar-refractivity contribution in [2.24, 2.45) is 0 Å². The van der Waals surface area contributed by atoms with E-state index in [2.05, 4.69) is 19.2 Å². The first-order chi connectivity index (χ1) is 8.54. The molecular weight excluding hydrogens is 232 g/mol. The first-order valence-corrected chi connectivity index (χ1v) is 6.25. The Morgan fingerprint density at radius 3 is 2.83 bits per heavy atom. The Hall–Kier alpha value is -1.62. The molecule has 18 heavy (non-hydrogen) atoms. The van der Waals surface area contributed by atoms with E-state index in [1.165, 1.54) is 6.07 Å². The Morgan fingerprint density at radius 2 is 2.22 bits per heavy atom. The highest BCUT2D eigenvalue weighted by Crippen LogP contribution is 2.27. The summed E-state index contributed by atoms with van der Waals surface area (Å²) in [5.41, 5.74) is 0.902. The Morgan fingerprint density at radius 1 is 1.50 bits per heavy atom. The van der Waals surface area contributed by atoms with Crippen LogP contribution in [0.4, 0.5) is 5.69 Å². The molecule has 0 radical (unpaired) electrons. The molecule has 1 atom stereocenters. The molecule has 1 aromatic rings. The Balaban J connectivity index is 2.54. The van der Waals surface area contributed by atoms with Crippen LogP contribution in [0.25, 0.3) is 0 Å². The van der Waals surface area contributed by atoms with E-state index in [0.29, 0.717) is 18.4 Å². The van der Waals surface area contributed by atoms with Crippen molar-refractivity contribution < 1.29 is 15.0 Å². The summed E-state index contributed by atoms with van der Waals surface area (Å²) in [5.74, 6) is 0.350. The van der Waals surface area contributed by atoms with Gasteiger partial charge in [-0.1, -0.05) is 13.0 Å². The van der Waals surface area contributed by atoms with E-state index < -0.39 is 4.92 Å². The monoisotopic (exact) mass is 253 g/mol. The maximum absolute atomic E-state index is 10.9. The van der Waals surface area contributed by atoms with E-state index in [-0.39, 0.29) is 5.69 Å². The molecule has 0 heterocycles. The van der Waals surface area contributed by atoms with Gasteiger partial charge in [0.25, 0.3) is 0 Å². The molecule has 100 valence electrons. The van der Waals surface area contributed by atoms with E-state index in [9.17, 15) is 10.1 Å². The summed E-state index contributed by atoms with van der Waals surface area (Å²) in [5, 5.41) is 13.1. The molecule has 0 aromatic heterocycles. The number of quaternary nitrogens is 1. The number of aryl methyl sites for hydroxylation is 1. The molecule has 0 saturated heterocycles. The molecule has 0 saturated carbocycles. The average molecular weight is 253 g/mol. The van der Waals surface area contributed by atoms with Crippen molar-refractivity contribution >= 4 is 5.69 Å². The van der Waals surface area contributed by atoms with Gasteiger partial charge in [0.2, 0.25) is 0 Å². The van der Waals surface area contributed by atoms with Gasteiger partial charge in [0.15, 0.2) is 5.75 Å². The van der Waals surface area contributed by atoms with Gasteiger partial charge in [0.05, 0.1) is 11.0 Å². The summed E-state index contributed by atoms with van der Waals surface area (Å²) in [6.45, 7) is 7.39. The van der Waals surface area contributed by atoms with E-state index >= 15 is 0 Å². The molecule has 0 bridgehead atoms. The van der Waals surface area contributed by atoms with Crippen molar-refractivity contribution in [2.45, 2.75) is 33.2 Å². The SMILES string of the molecule is CC[C@@H](C)[NH2+]CCOc1ccc(C)cc1[N+](=O)[O-]. The quantitative estimate of drug-likeness (QED) is 0.456. The predicted molar refractivity (Wildman–Crippen MR) is 69.9 cm³/mol.